The van der Waals surface area contributed by atoms with E-state index in [1.54, 1.807) is 12.1 Å². The smallest absolute Gasteiger partial charge is 0.339 e. The van der Waals surface area contributed by atoms with Crippen LogP contribution in [-0.4, -0.2) is 5.11 Å². The number of phenolic OH excluding ortho intramolecular Hbond substituents is 1. The molecule has 0 bridgehead atoms. The lowest BCUT2D eigenvalue weighted by Gasteiger charge is -2.20. The number of aromatic hydroxyl groups is 1. The van der Waals surface area contributed by atoms with Crippen molar-refractivity contribution in [2.75, 3.05) is 0 Å². The van der Waals surface area contributed by atoms with Crippen molar-refractivity contribution in [1.82, 2.24) is 0 Å². The molecule has 1 aromatic heterocycles. The predicted molar refractivity (Wildman–Crippen MR) is 70.0 cm³/mol. The van der Waals surface area contributed by atoms with Gasteiger partial charge in [-0.2, -0.15) is 0 Å². The molecule has 0 saturated heterocycles. The molecule has 1 aliphatic rings. The molecule has 1 fully saturated rings. The van der Waals surface area contributed by atoms with E-state index in [0.717, 1.165) is 23.8 Å². The molecule has 1 aliphatic carbocycles. The molecule has 1 N–H and O–H groups in total. The molecule has 0 radical (unpaired) electrons. The van der Waals surface area contributed by atoms with Gasteiger partial charge in [-0.05, 0) is 37.0 Å². The van der Waals surface area contributed by atoms with Gasteiger partial charge in [-0.25, -0.2) is 4.79 Å². The third-order valence-corrected chi connectivity index (χ3v) is 3.79. The summed E-state index contributed by atoms with van der Waals surface area (Å²) in [6.45, 7) is 0. The van der Waals surface area contributed by atoms with Crippen LogP contribution < -0.4 is 5.63 Å². The van der Waals surface area contributed by atoms with E-state index in [1.807, 2.05) is 6.07 Å². The van der Waals surface area contributed by atoms with Crippen LogP contribution in [0.2, 0.25) is 0 Å². The third-order valence-electron chi connectivity index (χ3n) is 3.79. The zero-order chi connectivity index (χ0) is 12.5. The van der Waals surface area contributed by atoms with Crippen molar-refractivity contribution in [2.45, 2.75) is 38.0 Å². The highest BCUT2D eigenvalue weighted by Gasteiger charge is 2.19. The van der Waals surface area contributed by atoms with Crippen LogP contribution in [0.3, 0.4) is 0 Å². The largest absolute Gasteiger partial charge is 0.508 e. The summed E-state index contributed by atoms with van der Waals surface area (Å²) in [4.78, 5) is 12.0. The SMILES string of the molecule is O=c1oc2cc(O)ccc2cc1C1CCCCC1. The second kappa shape index (κ2) is 4.48. The van der Waals surface area contributed by atoms with Gasteiger partial charge in [-0.1, -0.05) is 19.3 Å². The average molecular weight is 244 g/mol. The highest BCUT2D eigenvalue weighted by atomic mass is 16.4. The minimum absolute atomic E-state index is 0.121. The van der Waals surface area contributed by atoms with Crippen LogP contribution in [0, 0.1) is 0 Å². The fourth-order valence-corrected chi connectivity index (χ4v) is 2.81. The lowest BCUT2D eigenvalue weighted by molar-refractivity contribution is 0.427. The van der Waals surface area contributed by atoms with E-state index in [4.69, 9.17) is 4.42 Å². The maximum atomic E-state index is 12.0. The molecule has 0 unspecified atom stereocenters. The van der Waals surface area contributed by atoms with Crippen LogP contribution in [0.15, 0.2) is 33.5 Å². The Morgan fingerprint density at radius 3 is 2.67 bits per heavy atom. The minimum Gasteiger partial charge on any atom is -0.508 e. The Hall–Kier alpha value is -1.77. The molecule has 0 aliphatic heterocycles. The molecule has 3 nitrogen and oxygen atoms in total. The maximum absolute atomic E-state index is 12.0. The van der Waals surface area contributed by atoms with Crippen LogP contribution in [0.4, 0.5) is 0 Å². The van der Waals surface area contributed by atoms with Gasteiger partial charge in [0.1, 0.15) is 11.3 Å². The molecule has 3 heteroatoms. The summed E-state index contributed by atoms with van der Waals surface area (Å²) in [6, 6.07) is 6.82. The molecule has 18 heavy (non-hydrogen) atoms. The molecule has 1 saturated carbocycles. The Labute approximate surface area is 105 Å². The van der Waals surface area contributed by atoms with E-state index in [0.29, 0.717) is 11.5 Å². The zero-order valence-corrected chi connectivity index (χ0v) is 10.2. The Bertz CT molecular complexity index is 621. The van der Waals surface area contributed by atoms with Gasteiger partial charge in [-0.15, -0.1) is 0 Å². The number of hydrogen-bond acceptors (Lipinski definition) is 3. The van der Waals surface area contributed by atoms with Crippen molar-refractivity contribution < 1.29 is 9.52 Å². The van der Waals surface area contributed by atoms with Crippen LogP contribution >= 0.6 is 0 Å². The standard InChI is InChI=1S/C15H16O3/c16-12-7-6-11-8-13(10-4-2-1-3-5-10)15(17)18-14(11)9-12/h6-10,16H,1-5H2. The van der Waals surface area contributed by atoms with Crippen molar-refractivity contribution in [3.8, 4) is 5.75 Å². The van der Waals surface area contributed by atoms with Gasteiger partial charge in [0, 0.05) is 17.0 Å². The van der Waals surface area contributed by atoms with E-state index >= 15 is 0 Å². The van der Waals surface area contributed by atoms with Crippen molar-refractivity contribution in [1.29, 1.82) is 0 Å². The average Bonchev–Trinajstić information content (AvgIpc) is 2.39. The lowest BCUT2D eigenvalue weighted by atomic mass is 9.84. The maximum Gasteiger partial charge on any atom is 0.339 e. The lowest BCUT2D eigenvalue weighted by Crippen LogP contribution is -2.14. The summed E-state index contributed by atoms with van der Waals surface area (Å²) in [6.07, 6.45) is 5.81. The Morgan fingerprint density at radius 2 is 1.89 bits per heavy atom. The van der Waals surface area contributed by atoms with Gasteiger partial charge < -0.3 is 9.52 Å². The predicted octanol–water partition coefficient (Wildman–Crippen LogP) is 3.55. The van der Waals surface area contributed by atoms with Crippen LogP contribution in [0.25, 0.3) is 11.0 Å². The number of phenols is 1. The molecule has 1 heterocycles. The Morgan fingerprint density at radius 1 is 1.11 bits per heavy atom. The Balaban J connectivity index is 2.09. The summed E-state index contributed by atoms with van der Waals surface area (Å²) < 4.78 is 5.31. The number of fused-ring (bicyclic) bond motifs is 1. The number of hydrogen-bond donors (Lipinski definition) is 1. The van der Waals surface area contributed by atoms with Crippen LogP contribution in [0.1, 0.15) is 43.6 Å². The minimum atomic E-state index is -0.250. The van der Waals surface area contributed by atoms with Crippen LogP contribution in [0.5, 0.6) is 5.75 Å². The molecule has 0 amide bonds. The molecule has 94 valence electrons. The molecule has 0 spiro atoms. The molecule has 1 aromatic carbocycles. The number of rotatable bonds is 1. The molecular formula is C15H16O3. The van der Waals surface area contributed by atoms with Crippen molar-refractivity contribution in [3.05, 3.63) is 40.2 Å². The van der Waals surface area contributed by atoms with Crippen molar-refractivity contribution in [2.24, 2.45) is 0 Å². The van der Waals surface area contributed by atoms with Crippen molar-refractivity contribution >= 4 is 11.0 Å². The monoisotopic (exact) mass is 244 g/mol. The normalized spacial score (nSPS) is 17.1. The molecular weight excluding hydrogens is 228 g/mol. The van der Waals surface area contributed by atoms with Gasteiger partial charge >= 0.3 is 5.63 Å². The van der Waals surface area contributed by atoms with E-state index < -0.39 is 0 Å². The highest BCUT2D eigenvalue weighted by molar-refractivity contribution is 5.78. The summed E-state index contributed by atoms with van der Waals surface area (Å²) in [5, 5.41) is 10.3. The van der Waals surface area contributed by atoms with Gasteiger partial charge in [0.15, 0.2) is 0 Å². The first-order valence-corrected chi connectivity index (χ1v) is 6.51. The van der Waals surface area contributed by atoms with E-state index in [9.17, 15) is 9.90 Å². The van der Waals surface area contributed by atoms with Gasteiger partial charge in [0.25, 0.3) is 0 Å². The molecule has 0 atom stereocenters. The zero-order valence-electron chi connectivity index (χ0n) is 10.2. The number of benzene rings is 1. The second-order valence-electron chi connectivity index (χ2n) is 5.05. The molecule has 2 aromatic rings. The van der Waals surface area contributed by atoms with E-state index in [-0.39, 0.29) is 11.4 Å². The first-order valence-electron chi connectivity index (χ1n) is 6.51. The summed E-state index contributed by atoms with van der Waals surface area (Å²) >= 11 is 0. The van der Waals surface area contributed by atoms with E-state index in [1.165, 1.54) is 25.3 Å². The van der Waals surface area contributed by atoms with Gasteiger partial charge in [-0.3, -0.25) is 0 Å². The highest BCUT2D eigenvalue weighted by Crippen LogP contribution is 2.32. The quantitative estimate of drug-likeness (QED) is 0.780. The van der Waals surface area contributed by atoms with Gasteiger partial charge in [0.2, 0.25) is 0 Å². The van der Waals surface area contributed by atoms with Crippen LogP contribution in [-0.2, 0) is 0 Å². The fourth-order valence-electron chi connectivity index (χ4n) is 2.81. The Kier molecular flexibility index (Phi) is 2.82. The summed E-state index contributed by atoms with van der Waals surface area (Å²) in [7, 11) is 0. The second-order valence-corrected chi connectivity index (χ2v) is 5.05. The third kappa shape index (κ3) is 2.01. The summed E-state index contributed by atoms with van der Waals surface area (Å²) in [5.74, 6) is 0.462. The fraction of sp³-hybridized carbons (Fsp3) is 0.400. The topological polar surface area (TPSA) is 50.4 Å². The first kappa shape index (κ1) is 11.3. The van der Waals surface area contributed by atoms with Crippen molar-refractivity contribution in [3.63, 3.8) is 0 Å². The van der Waals surface area contributed by atoms with Gasteiger partial charge in [0.05, 0.1) is 0 Å². The van der Waals surface area contributed by atoms with E-state index in [2.05, 4.69) is 0 Å². The first-order chi connectivity index (χ1) is 8.74. The molecule has 3 rings (SSSR count). The summed E-state index contributed by atoms with van der Waals surface area (Å²) in [5.41, 5.74) is 1.01.